The Morgan fingerprint density at radius 3 is 1.80 bits per heavy atom. The first-order valence-electron chi connectivity index (χ1n) is 20.5. The fraction of sp³-hybridized carbons (Fsp3) is 0.0526. The molecule has 0 saturated carbocycles. The molecule has 0 fully saturated rings. The van der Waals surface area contributed by atoms with E-state index in [9.17, 15) is 0 Å². The Labute approximate surface area is 343 Å². The van der Waals surface area contributed by atoms with Crippen LogP contribution in [0.15, 0.2) is 205 Å². The van der Waals surface area contributed by atoms with Crippen LogP contribution in [-0.4, -0.2) is 0 Å². The van der Waals surface area contributed by atoms with Crippen LogP contribution in [0, 0.1) is 0 Å². The van der Waals surface area contributed by atoms with Crippen LogP contribution in [0.25, 0.3) is 87.6 Å². The van der Waals surface area contributed by atoms with Gasteiger partial charge >= 0.3 is 0 Å². The van der Waals surface area contributed by atoms with E-state index >= 15 is 0 Å². The number of para-hydroxylation sites is 2. The van der Waals surface area contributed by atoms with Crippen LogP contribution in [0.5, 0.6) is 0 Å². The lowest BCUT2D eigenvalue weighted by Crippen LogP contribution is -2.17. The molecule has 0 N–H and O–H groups in total. The number of nitrogens with zero attached hydrogens (tertiary/aromatic N) is 1. The number of benzene rings is 10. The first-order chi connectivity index (χ1) is 29.0. The summed E-state index contributed by atoms with van der Waals surface area (Å²) in [6, 6.07) is 73.2. The minimum atomic E-state index is -0.139. The fourth-order valence-electron chi connectivity index (χ4n) is 10.1. The van der Waals surface area contributed by atoms with Crippen molar-refractivity contribution in [3.05, 3.63) is 211 Å². The van der Waals surface area contributed by atoms with Crippen LogP contribution >= 0.6 is 0 Å². The quantitative estimate of drug-likeness (QED) is 0.163. The number of hydrogen-bond donors (Lipinski definition) is 0. The van der Waals surface area contributed by atoms with E-state index in [0.29, 0.717) is 0 Å². The van der Waals surface area contributed by atoms with Crippen molar-refractivity contribution < 1.29 is 4.42 Å². The Bertz CT molecular complexity index is 3450. The number of rotatable bonds is 5. The van der Waals surface area contributed by atoms with Crippen molar-refractivity contribution in [2.75, 3.05) is 4.90 Å². The molecule has 59 heavy (non-hydrogen) atoms. The zero-order valence-corrected chi connectivity index (χ0v) is 32.9. The predicted octanol–water partition coefficient (Wildman–Crippen LogP) is 16.2. The van der Waals surface area contributed by atoms with E-state index in [1.54, 1.807) is 0 Å². The van der Waals surface area contributed by atoms with Gasteiger partial charge in [-0.15, -0.1) is 0 Å². The molecular formula is C57H39NO. The monoisotopic (exact) mass is 753 g/mol. The minimum Gasteiger partial charge on any atom is -0.456 e. The van der Waals surface area contributed by atoms with Crippen molar-refractivity contribution in [2.45, 2.75) is 19.3 Å². The Morgan fingerprint density at radius 1 is 0.356 bits per heavy atom. The standard InChI is InChI=1S/C57H39NO/c1-57(2)49-27-11-8-20-40(49)41-31-30-39(35-50(41)57)58(38-19-14-18-37(34-38)36-16-4-3-5-17-36)51-28-12-9-21-42(51)43-25-15-26-45-47-32-33-53-56(48-24-10-13-29-52(48)59-53)55(47)46-23-7-6-22-44(46)54(43)45/h3-35H,1-2H3. The second-order valence-corrected chi connectivity index (χ2v) is 16.4. The Balaban J connectivity index is 1.14. The highest BCUT2D eigenvalue weighted by Gasteiger charge is 2.36. The van der Waals surface area contributed by atoms with Gasteiger partial charge in [-0.1, -0.05) is 166 Å². The van der Waals surface area contributed by atoms with Gasteiger partial charge in [0.25, 0.3) is 0 Å². The van der Waals surface area contributed by atoms with E-state index in [0.717, 1.165) is 33.6 Å². The fourth-order valence-corrected chi connectivity index (χ4v) is 10.1. The van der Waals surface area contributed by atoms with E-state index in [-0.39, 0.29) is 5.41 Å². The van der Waals surface area contributed by atoms with E-state index in [1.807, 2.05) is 6.07 Å². The molecule has 0 aliphatic heterocycles. The average molecular weight is 754 g/mol. The lowest BCUT2D eigenvalue weighted by Gasteiger charge is -2.30. The summed E-state index contributed by atoms with van der Waals surface area (Å²) < 4.78 is 6.43. The SMILES string of the molecule is CC1(C)c2ccccc2-c2ccc(N(c3cccc(-c4ccccc4)c3)c3ccccc3-c3cccc4c5ccc6oc7ccccc7c6c5c5ccccc5c34)cc21. The minimum absolute atomic E-state index is 0.139. The normalized spacial score (nSPS) is 13.1. The van der Waals surface area contributed by atoms with Crippen LogP contribution in [-0.2, 0) is 5.41 Å². The molecule has 0 atom stereocenters. The van der Waals surface area contributed by atoms with Crippen molar-refractivity contribution in [1.82, 2.24) is 0 Å². The molecule has 2 nitrogen and oxygen atoms in total. The molecule has 1 aliphatic rings. The van der Waals surface area contributed by atoms with Crippen molar-refractivity contribution in [3.63, 3.8) is 0 Å². The maximum Gasteiger partial charge on any atom is 0.136 e. The summed E-state index contributed by atoms with van der Waals surface area (Å²) in [5, 5.41) is 9.72. The smallest absolute Gasteiger partial charge is 0.136 e. The molecule has 0 saturated heterocycles. The van der Waals surface area contributed by atoms with Gasteiger partial charge in [0.15, 0.2) is 0 Å². The van der Waals surface area contributed by atoms with Gasteiger partial charge in [0, 0.05) is 38.5 Å². The van der Waals surface area contributed by atoms with Gasteiger partial charge in [0.1, 0.15) is 11.2 Å². The van der Waals surface area contributed by atoms with Gasteiger partial charge < -0.3 is 9.32 Å². The molecule has 2 heteroatoms. The van der Waals surface area contributed by atoms with E-state index in [4.69, 9.17) is 4.42 Å². The first-order valence-corrected chi connectivity index (χ1v) is 20.5. The summed E-state index contributed by atoms with van der Waals surface area (Å²) in [4.78, 5) is 2.48. The summed E-state index contributed by atoms with van der Waals surface area (Å²) in [7, 11) is 0. The van der Waals surface area contributed by atoms with Gasteiger partial charge in [-0.3, -0.25) is 0 Å². The lowest BCUT2D eigenvalue weighted by molar-refractivity contribution is 0.660. The van der Waals surface area contributed by atoms with Crippen LogP contribution in [0.2, 0.25) is 0 Å². The summed E-state index contributed by atoms with van der Waals surface area (Å²) in [5.41, 5.74) is 15.2. The van der Waals surface area contributed by atoms with E-state index < -0.39 is 0 Å². The molecule has 1 aliphatic carbocycles. The average Bonchev–Trinajstić information content (AvgIpc) is 3.78. The van der Waals surface area contributed by atoms with Gasteiger partial charge in [0.05, 0.1) is 5.69 Å². The zero-order valence-electron chi connectivity index (χ0n) is 32.9. The van der Waals surface area contributed by atoms with Crippen molar-refractivity contribution in [2.24, 2.45) is 0 Å². The molecular weight excluding hydrogens is 715 g/mol. The number of furan rings is 1. The summed E-state index contributed by atoms with van der Waals surface area (Å²) in [5.74, 6) is 0. The molecule has 12 rings (SSSR count). The highest BCUT2D eigenvalue weighted by Crippen LogP contribution is 2.52. The van der Waals surface area contributed by atoms with Crippen LogP contribution in [0.3, 0.4) is 0 Å². The molecule has 0 spiro atoms. The Morgan fingerprint density at radius 2 is 0.949 bits per heavy atom. The van der Waals surface area contributed by atoms with Gasteiger partial charge in [-0.05, 0) is 114 Å². The molecule has 0 unspecified atom stereocenters. The number of hydrogen-bond acceptors (Lipinski definition) is 2. The Kier molecular flexibility index (Phi) is 7.31. The molecule has 10 aromatic carbocycles. The predicted molar refractivity (Wildman–Crippen MR) is 249 cm³/mol. The Hall–Kier alpha value is -7.42. The maximum atomic E-state index is 6.43. The van der Waals surface area contributed by atoms with E-state index in [1.165, 1.54) is 82.2 Å². The second kappa shape index (κ2) is 12.8. The first kappa shape index (κ1) is 33.7. The lowest BCUT2D eigenvalue weighted by atomic mass is 9.82. The summed E-state index contributed by atoms with van der Waals surface area (Å²) >= 11 is 0. The number of fused-ring (bicyclic) bond motifs is 13. The molecule has 11 aromatic rings. The molecule has 0 radical (unpaired) electrons. The molecule has 278 valence electrons. The van der Waals surface area contributed by atoms with Crippen molar-refractivity contribution >= 4 is 71.3 Å². The van der Waals surface area contributed by atoms with Crippen molar-refractivity contribution in [1.29, 1.82) is 0 Å². The van der Waals surface area contributed by atoms with Crippen LogP contribution < -0.4 is 4.90 Å². The summed E-state index contributed by atoms with van der Waals surface area (Å²) in [6.07, 6.45) is 0. The highest BCUT2D eigenvalue weighted by molar-refractivity contribution is 6.36. The molecule has 0 amide bonds. The molecule has 1 aromatic heterocycles. The third-order valence-corrected chi connectivity index (χ3v) is 12.8. The number of anilines is 3. The molecule has 0 bridgehead atoms. The van der Waals surface area contributed by atoms with Gasteiger partial charge in [-0.2, -0.15) is 0 Å². The third kappa shape index (κ3) is 5.00. The second-order valence-electron chi connectivity index (χ2n) is 16.4. The van der Waals surface area contributed by atoms with Crippen LogP contribution in [0.1, 0.15) is 25.0 Å². The summed E-state index contributed by atoms with van der Waals surface area (Å²) in [6.45, 7) is 4.73. The highest BCUT2D eigenvalue weighted by atomic mass is 16.3. The van der Waals surface area contributed by atoms with Gasteiger partial charge in [0.2, 0.25) is 0 Å². The van der Waals surface area contributed by atoms with Crippen LogP contribution in [0.4, 0.5) is 17.1 Å². The maximum absolute atomic E-state index is 6.43. The topological polar surface area (TPSA) is 16.4 Å². The van der Waals surface area contributed by atoms with Gasteiger partial charge in [-0.25, -0.2) is 0 Å². The third-order valence-electron chi connectivity index (χ3n) is 12.8. The molecule has 1 heterocycles. The largest absolute Gasteiger partial charge is 0.456 e. The zero-order chi connectivity index (χ0) is 39.2. The van der Waals surface area contributed by atoms with E-state index in [2.05, 4.69) is 213 Å². The van der Waals surface area contributed by atoms with Crippen molar-refractivity contribution in [3.8, 4) is 33.4 Å².